The molecule has 0 aliphatic rings. The largest absolute Gasteiger partial charge is 0.493 e. The van der Waals surface area contributed by atoms with Crippen LogP contribution in [0.4, 0.5) is 5.88 Å². The van der Waals surface area contributed by atoms with E-state index in [-0.39, 0.29) is 49.0 Å². The number of carbonyl (C=O) groups excluding carboxylic acids is 3. The third-order valence-corrected chi connectivity index (χ3v) is 4.23. The number of aryl methyl sites for hydroxylation is 2. The summed E-state index contributed by atoms with van der Waals surface area (Å²) in [6, 6.07) is 7.61. The minimum Gasteiger partial charge on any atom is -0.493 e. The number of furan rings is 1. The highest BCUT2D eigenvalue weighted by Crippen LogP contribution is 2.29. The van der Waals surface area contributed by atoms with Gasteiger partial charge in [0.05, 0.1) is 26.2 Å². The average molecular weight is 417 g/mol. The van der Waals surface area contributed by atoms with Crippen molar-refractivity contribution in [3.05, 3.63) is 46.7 Å². The standard InChI is InChI=1S/C22H27NO7/c1-5-15-8-10-16(11-9-15)29-13-12-17(24)23-20-19(22(26)28-7-3)18(14(4)30-20)21(25)27-6-2/h8-11H,5-7,12-13H2,1-4H3,(H,23,24). The Morgan fingerprint density at radius 1 is 0.933 bits per heavy atom. The Labute approximate surface area is 175 Å². The highest BCUT2D eigenvalue weighted by molar-refractivity contribution is 6.09. The molecule has 0 radical (unpaired) electrons. The molecular weight excluding hydrogens is 390 g/mol. The zero-order valence-corrected chi connectivity index (χ0v) is 17.7. The second kappa shape index (κ2) is 11.0. The van der Waals surface area contributed by atoms with Crippen LogP contribution in [0, 0.1) is 6.92 Å². The third kappa shape index (κ3) is 5.85. The van der Waals surface area contributed by atoms with Crippen molar-refractivity contribution in [3.8, 4) is 5.75 Å². The van der Waals surface area contributed by atoms with Crippen LogP contribution in [0.5, 0.6) is 5.75 Å². The summed E-state index contributed by atoms with van der Waals surface area (Å²) in [5.74, 6) is -1.27. The molecule has 1 aromatic heterocycles. The van der Waals surface area contributed by atoms with Gasteiger partial charge in [0.15, 0.2) is 0 Å². The summed E-state index contributed by atoms with van der Waals surface area (Å²) < 4.78 is 21.0. The van der Waals surface area contributed by atoms with Crippen LogP contribution in [0.25, 0.3) is 0 Å². The highest BCUT2D eigenvalue weighted by Gasteiger charge is 2.31. The van der Waals surface area contributed by atoms with E-state index in [0.717, 1.165) is 6.42 Å². The van der Waals surface area contributed by atoms with Crippen molar-refractivity contribution < 1.29 is 33.0 Å². The molecule has 0 aliphatic carbocycles. The van der Waals surface area contributed by atoms with E-state index >= 15 is 0 Å². The van der Waals surface area contributed by atoms with E-state index in [1.807, 2.05) is 24.3 Å². The van der Waals surface area contributed by atoms with Crippen molar-refractivity contribution in [1.82, 2.24) is 0 Å². The SMILES string of the molecule is CCOC(=O)c1c(C)oc(NC(=O)CCOc2ccc(CC)cc2)c1C(=O)OCC. The van der Waals surface area contributed by atoms with Gasteiger partial charge in [-0.05, 0) is 44.9 Å². The molecule has 0 atom stereocenters. The lowest BCUT2D eigenvalue weighted by molar-refractivity contribution is -0.116. The van der Waals surface area contributed by atoms with E-state index in [1.54, 1.807) is 13.8 Å². The van der Waals surface area contributed by atoms with Crippen molar-refractivity contribution in [2.75, 3.05) is 25.1 Å². The molecular formula is C22H27NO7. The van der Waals surface area contributed by atoms with Crippen LogP contribution in [0.2, 0.25) is 0 Å². The molecule has 1 N–H and O–H groups in total. The third-order valence-electron chi connectivity index (χ3n) is 4.23. The normalized spacial score (nSPS) is 10.4. The number of benzene rings is 1. The molecule has 1 aromatic carbocycles. The van der Waals surface area contributed by atoms with Crippen LogP contribution >= 0.6 is 0 Å². The maximum atomic E-state index is 12.4. The molecule has 0 unspecified atom stereocenters. The average Bonchev–Trinajstić information content (AvgIpc) is 3.04. The highest BCUT2D eigenvalue weighted by atomic mass is 16.5. The van der Waals surface area contributed by atoms with E-state index in [1.165, 1.54) is 12.5 Å². The van der Waals surface area contributed by atoms with E-state index in [9.17, 15) is 14.4 Å². The van der Waals surface area contributed by atoms with Crippen molar-refractivity contribution in [2.45, 2.75) is 40.5 Å². The van der Waals surface area contributed by atoms with Crippen LogP contribution < -0.4 is 10.1 Å². The van der Waals surface area contributed by atoms with Crippen molar-refractivity contribution in [3.63, 3.8) is 0 Å². The second-order valence-corrected chi connectivity index (χ2v) is 6.32. The van der Waals surface area contributed by atoms with Crippen LogP contribution in [0.3, 0.4) is 0 Å². The van der Waals surface area contributed by atoms with Crippen LogP contribution in [0.1, 0.15) is 59.2 Å². The molecule has 2 rings (SSSR count). The predicted molar refractivity (Wildman–Crippen MR) is 110 cm³/mol. The Hall–Kier alpha value is -3.29. The number of amides is 1. The summed E-state index contributed by atoms with van der Waals surface area (Å²) in [6.45, 7) is 7.22. The van der Waals surface area contributed by atoms with Gasteiger partial charge in [0.2, 0.25) is 11.8 Å². The molecule has 0 fully saturated rings. The molecule has 1 amide bonds. The van der Waals surface area contributed by atoms with E-state index in [2.05, 4.69) is 12.2 Å². The molecule has 0 bridgehead atoms. The number of hydrogen-bond acceptors (Lipinski definition) is 7. The number of anilines is 1. The predicted octanol–water partition coefficient (Wildman–Crippen LogP) is 3.91. The Kier molecular flexibility index (Phi) is 8.46. The van der Waals surface area contributed by atoms with Gasteiger partial charge in [-0.15, -0.1) is 0 Å². The zero-order valence-electron chi connectivity index (χ0n) is 17.7. The van der Waals surface area contributed by atoms with Crippen molar-refractivity contribution >= 4 is 23.7 Å². The summed E-state index contributed by atoms with van der Waals surface area (Å²) in [7, 11) is 0. The molecule has 30 heavy (non-hydrogen) atoms. The summed E-state index contributed by atoms with van der Waals surface area (Å²) in [5.41, 5.74) is 0.979. The fourth-order valence-electron chi connectivity index (χ4n) is 2.75. The van der Waals surface area contributed by atoms with Crippen molar-refractivity contribution in [1.29, 1.82) is 0 Å². The molecule has 162 valence electrons. The number of carbonyl (C=O) groups is 3. The molecule has 2 aromatic rings. The summed E-state index contributed by atoms with van der Waals surface area (Å²) in [4.78, 5) is 37.0. The topological polar surface area (TPSA) is 104 Å². The summed E-state index contributed by atoms with van der Waals surface area (Å²) in [6.07, 6.45) is 0.952. The maximum Gasteiger partial charge on any atom is 0.344 e. The minimum atomic E-state index is -0.778. The lowest BCUT2D eigenvalue weighted by Crippen LogP contribution is -2.19. The second-order valence-electron chi connectivity index (χ2n) is 6.32. The number of esters is 2. The quantitative estimate of drug-likeness (QED) is 0.584. The molecule has 0 spiro atoms. The van der Waals surface area contributed by atoms with Gasteiger partial charge in [-0.2, -0.15) is 0 Å². The van der Waals surface area contributed by atoms with Gasteiger partial charge in [0, 0.05) is 0 Å². The number of hydrogen-bond donors (Lipinski definition) is 1. The Bertz CT molecular complexity index is 884. The lowest BCUT2D eigenvalue weighted by atomic mass is 10.1. The summed E-state index contributed by atoms with van der Waals surface area (Å²) >= 11 is 0. The monoisotopic (exact) mass is 417 g/mol. The molecule has 8 nitrogen and oxygen atoms in total. The maximum absolute atomic E-state index is 12.4. The van der Waals surface area contributed by atoms with Gasteiger partial charge in [0.1, 0.15) is 22.6 Å². The fourth-order valence-corrected chi connectivity index (χ4v) is 2.75. The summed E-state index contributed by atoms with van der Waals surface area (Å²) in [5, 5.41) is 2.52. The lowest BCUT2D eigenvalue weighted by Gasteiger charge is -2.08. The Balaban J connectivity index is 2.08. The van der Waals surface area contributed by atoms with E-state index in [0.29, 0.717) is 5.75 Å². The van der Waals surface area contributed by atoms with Crippen molar-refractivity contribution in [2.24, 2.45) is 0 Å². The molecule has 0 saturated carbocycles. The first-order valence-corrected chi connectivity index (χ1v) is 9.90. The number of ether oxygens (including phenoxy) is 3. The van der Waals surface area contributed by atoms with Crippen LogP contribution in [-0.2, 0) is 20.7 Å². The molecule has 0 aliphatic heterocycles. The van der Waals surface area contributed by atoms with Gasteiger partial charge in [0.25, 0.3) is 0 Å². The number of nitrogens with one attached hydrogen (secondary N) is 1. The van der Waals surface area contributed by atoms with Gasteiger partial charge >= 0.3 is 11.9 Å². The first kappa shape index (κ1) is 23.0. The van der Waals surface area contributed by atoms with Crippen LogP contribution in [-0.4, -0.2) is 37.7 Å². The van der Waals surface area contributed by atoms with Crippen LogP contribution in [0.15, 0.2) is 28.7 Å². The van der Waals surface area contributed by atoms with Gasteiger partial charge in [-0.1, -0.05) is 19.1 Å². The smallest absolute Gasteiger partial charge is 0.344 e. The van der Waals surface area contributed by atoms with Gasteiger partial charge in [-0.25, -0.2) is 9.59 Å². The Morgan fingerprint density at radius 3 is 2.10 bits per heavy atom. The Morgan fingerprint density at radius 2 is 1.53 bits per heavy atom. The van der Waals surface area contributed by atoms with E-state index < -0.39 is 17.8 Å². The van der Waals surface area contributed by atoms with Gasteiger partial charge < -0.3 is 18.6 Å². The molecule has 8 heteroatoms. The molecule has 0 saturated heterocycles. The first-order valence-electron chi connectivity index (χ1n) is 9.90. The van der Waals surface area contributed by atoms with E-state index in [4.69, 9.17) is 18.6 Å². The minimum absolute atomic E-state index is 0.0201. The molecule has 1 heterocycles. The first-order chi connectivity index (χ1) is 14.4. The van der Waals surface area contributed by atoms with Gasteiger partial charge in [-0.3, -0.25) is 10.1 Å². The fraction of sp³-hybridized carbons (Fsp3) is 0.409. The number of rotatable bonds is 10. The zero-order chi connectivity index (χ0) is 22.1.